The minimum absolute atomic E-state index is 0.210. The van der Waals surface area contributed by atoms with E-state index in [-0.39, 0.29) is 11.4 Å². The maximum absolute atomic E-state index is 11.2. The van der Waals surface area contributed by atoms with Crippen molar-refractivity contribution in [3.63, 3.8) is 0 Å². The molecule has 2 heterocycles. The molecule has 6 heteroatoms. The molecule has 72 valence electrons. The summed E-state index contributed by atoms with van der Waals surface area (Å²) < 4.78 is 0. The predicted molar refractivity (Wildman–Crippen MR) is 55.5 cm³/mol. The average Bonchev–Trinajstić information content (AvgIpc) is 2.69. The zero-order valence-corrected chi connectivity index (χ0v) is 8.60. The van der Waals surface area contributed by atoms with Gasteiger partial charge in [-0.3, -0.25) is 4.79 Å². The Morgan fingerprint density at radius 3 is 3.07 bits per heavy atom. The Morgan fingerprint density at radius 2 is 2.43 bits per heavy atom. The van der Waals surface area contributed by atoms with E-state index in [4.69, 9.17) is 11.6 Å². The summed E-state index contributed by atoms with van der Waals surface area (Å²) in [5.41, 5.74) is 2.69. The molecule has 0 aromatic carbocycles. The van der Waals surface area contributed by atoms with E-state index in [1.165, 1.54) is 17.4 Å². The predicted octanol–water partition coefficient (Wildman–Crippen LogP) is 1.63. The molecule has 0 bridgehead atoms. The van der Waals surface area contributed by atoms with E-state index in [0.29, 0.717) is 17.2 Å². The summed E-state index contributed by atoms with van der Waals surface area (Å²) >= 11 is 7.05. The number of halogens is 1. The molecule has 2 aromatic heterocycles. The highest BCUT2D eigenvalue weighted by Gasteiger charge is 2.04. The molecule has 0 saturated carbocycles. The van der Waals surface area contributed by atoms with Crippen molar-refractivity contribution in [1.82, 2.24) is 15.0 Å². The van der Waals surface area contributed by atoms with Crippen LogP contribution in [-0.2, 0) is 5.88 Å². The number of thiazole rings is 1. The zero-order valence-electron chi connectivity index (χ0n) is 7.03. The number of nitrogens with zero attached hydrogens (tertiary/aromatic N) is 2. The molecule has 0 spiro atoms. The second-order valence-corrected chi connectivity index (χ2v) is 3.58. The molecule has 0 atom stereocenters. The van der Waals surface area contributed by atoms with E-state index >= 15 is 0 Å². The first-order valence-electron chi connectivity index (χ1n) is 3.84. The first kappa shape index (κ1) is 9.36. The molecule has 0 saturated heterocycles. The zero-order chi connectivity index (χ0) is 9.97. The summed E-state index contributed by atoms with van der Waals surface area (Å²) in [5.74, 6) is 0.690. The van der Waals surface area contributed by atoms with Gasteiger partial charge in [0.1, 0.15) is 5.69 Å². The minimum Gasteiger partial charge on any atom is -0.305 e. The molecule has 14 heavy (non-hydrogen) atoms. The van der Waals surface area contributed by atoms with Gasteiger partial charge in [0.15, 0.2) is 5.82 Å². The maximum Gasteiger partial charge on any atom is 0.251 e. The molecule has 2 aromatic rings. The SMILES string of the molecule is O=c1cc(CCl)nc(-c2cscn2)[nH]1. The van der Waals surface area contributed by atoms with E-state index in [0.717, 1.165) is 0 Å². The molecule has 4 nitrogen and oxygen atoms in total. The Kier molecular flexibility index (Phi) is 2.60. The van der Waals surface area contributed by atoms with Gasteiger partial charge in [0.25, 0.3) is 5.56 Å². The summed E-state index contributed by atoms with van der Waals surface area (Å²) in [4.78, 5) is 22.0. The Balaban J connectivity index is 2.54. The van der Waals surface area contributed by atoms with Crippen molar-refractivity contribution >= 4 is 22.9 Å². The Morgan fingerprint density at radius 1 is 1.57 bits per heavy atom. The van der Waals surface area contributed by atoms with E-state index < -0.39 is 0 Å². The molecule has 0 aliphatic rings. The van der Waals surface area contributed by atoms with Gasteiger partial charge in [0.05, 0.1) is 17.1 Å². The quantitative estimate of drug-likeness (QED) is 0.794. The van der Waals surface area contributed by atoms with Crippen LogP contribution < -0.4 is 5.56 Å². The van der Waals surface area contributed by atoms with Crippen molar-refractivity contribution in [2.75, 3.05) is 0 Å². The third-order valence-electron chi connectivity index (χ3n) is 1.61. The van der Waals surface area contributed by atoms with E-state index in [1.54, 1.807) is 5.51 Å². The summed E-state index contributed by atoms with van der Waals surface area (Å²) in [5, 5.41) is 1.82. The van der Waals surface area contributed by atoms with Gasteiger partial charge in [-0.15, -0.1) is 22.9 Å². The lowest BCUT2D eigenvalue weighted by Gasteiger charge is -1.97. The van der Waals surface area contributed by atoms with Crippen LogP contribution in [0.4, 0.5) is 0 Å². The lowest BCUT2D eigenvalue weighted by molar-refractivity contribution is 1.05. The summed E-state index contributed by atoms with van der Waals surface area (Å²) in [7, 11) is 0. The fraction of sp³-hybridized carbons (Fsp3) is 0.125. The van der Waals surface area contributed by atoms with E-state index in [9.17, 15) is 4.79 Å². The van der Waals surface area contributed by atoms with Crippen molar-refractivity contribution in [2.24, 2.45) is 0 Å². The van der Waals surface area contributed by atoms with Crippen LogP contribution in [0.3, 0.4) is 0 Å². The summed E-state index contributed by atoms with van der Waals surface area (Å²) in [6.07, 6.45) is 0. The Labute approximate surface area is 88.6 Å². The van der Waals surface area contributed by atoms with E-state index in [1.807, 2.05) is 5.38 Å². The van der Waals surface area contributed by atoms with Crippen LogP contribution in [0, 0.1) is 0 Å². The molecule has 0 unspecified atom stereocenters. The van der Waals surface area contributed by atoms with Gasteiger partial charge in [0.2, 0.25) is 0 Å². The molecule has 0 radical (unpaired) electrons. The second-order valence-electron chi connectivity index (χ2n) is 2.59. The third-order valence-corrected chi connectivity index (χ3v) is 2.47. The second kappa shape index (κ2) is 3.89. The number of hydrogen-bond donors (Lipinski definition) is 1. The fourth-order valence-corrected chi connectivity index (χ4v) is 1.70. The highest BCUT2D eigenvalue weighted by molar-refractivity contribution is 7.07. The third kappa shape index (κ3) is 1.83. The molecule has 0 fully saturated rings. The lowest BCUT2D eigenvalue weighted by atomic mass is 10.4. The van der Waals surface area contributed by atoms with E-state index in [2.05, 4.69) is 15.0 Å². The van der Waals surface area contributed by atoms with Crippen molar-refractivity contribution in [3.8, 4) is 11.5 Å². The van der Waals surface area contributed by atoms with Crippen LogP contribution in [0.5, 0.6) is 0 Å². The topological polar surface area (TPSA) is 58.6 Å². The van der Waals surface area contributed by atoms with Gasteiger partial charge in [-0.2, -0.15) is 0 Å². The molecular weight excluding hydrogens is 222 g/mol. The summed E-state index contributed by atoms with van der Waals surface area (Å²) in [6, 6.07) is 1.38. The molecule has 0 aliphatic carbocycles. The largest absolute Gasteiger partial charge is 0.305 e. The van der Waals surface area contributed by atoms with Crippen LogP contribution in [0.2, 0.25) is 0 Å². The van der Waals surface area contributed by atoms with Gasteiger partial charge < -0.3 is 4.98 Å². The highest BCUT2D eigenvalue weighted by Crippen LogP contribution is 2.13. The van der Waals surface area contributed by atoms with Gasteiger partial charge >= 0.3 is 0 Å². The number of rotatable bonds is 2. The van der Waals surface area contributed by atoms with Crippen LogP contribution in [0.15, 0.2) is 21.8 Å². The highest BCUT2D eigenvalue weighted by atomic mass is 35.5. The Bertz CT molecular complexity index is 480. The first-order chi connectivity index (χ1) is 6.79. The summed E-state index contributed by atoms with van der Waals surface area (Å²) in [6.45, 7) is 0. The monoisotopic (exact) mass is 227 g/mol. The molecular formula is C8H6ClN3OS. The van der Waals surface area contributed by atoms with Crippen LogP contribution >= 0.6 is 22.9 Å². The molecule has 0 amide bonds. The molecule has 0 aliphatic heterocycles. The van der Waals surface area contributed by atoms with Gasteiger partial charge in [-0.1, -0.05) is 0 Å². The smallest absolute Gasteiger partial charge is 0.251 e. The minimum atomic E-state index is -0.210. The molecule has 2 rings (SSSR count). The van der Waals surface area contributed by atoms with Crippen LogP contribution in [0.25, 0.3) is 11.5 Å². The lowest BCUT2D eigenvalue weighted by Crippen LogP contribution is -2.09. The number of alkyl halides is 1. The van der Waals surface area contributed by atoms with Gasteiger partial charge in [-0.05, 0) is 0 Å². The maximum atomic E-state index is 11.2. The van der Waals surface area contributed by atoms with Crippen molar-refractivity contribution in [2.45, 2.75) is 5.88 Å². The number of nitrogens with one attached hydrogen (secondary N) is 1. The van der Waals surface area contributed by atoms with Crippen molar-refractivity contribution in [3.05, 3.63) is 33.0 Å². The molecule has 1 N–H and O–H groups in total. The van der Waals surface area contributed by atoms with Crippen LogP contribution in [0.1, 0.15) is 5.69 Å². The number of aromatic amines is 1. The average molecular weight is 228 g/mol. The normalized spacial score (nSPS) is 10.4. The number of hydrogen-bond acceptors (Lipinski definition) is 4. The van der Waals surface area contributed by atoms with Crippen molar-refractivity contribution < 1.29 is 0 Å². The van der Waals surface area contributed by atoms with Crippen molar-refractivity contribution in [1.29, 1.82) is 0 Å². The number of H-pyrrole nitrogens is 1. The fourth-order valence-electron chi connectivity index (χ4n) is 1.03. The van der Waals surface area contributed by atoms with Crippen LogP contribution in [-0.4, -0.2) is 15.0 Å². The number of aromatic nitrogens is 3. The Hall–Kier alpha value is -1.20. The van der Waals surface area contributed by atoms with Gasteiger partial charge in [0, 0.05) is 11.4 Å². The first-order valence-corrected chi connectivity index (χ1v) is 5.32. The van der Waals surface area contributed by atoms with Gasteiger partial charge in [-0.25, -0.2) is 9.97 Å². The standard InChI is InChI=1S/C8H6ClN3OS/c9-2-5-1-7(13)12-8(11-5)6-3-14-4-10-6/h1,3-4H,2H2,(H,11,12,13).